The van der Waals surface area contributed by atoms with E-state index in [2.05, 4.69) is 4.72 Å². The predicted molar refractivity (Wildman–Crippen MR) is 97.4 cm³/mol. The van der Waals surface area contributed by atoms with Crippen molar-refractivity contribution in [3.63, 3.8) is 0 Å². The third kappa shape index (κ3) is 4.94. The van der Waals surface area contributed by atoms with Crippen LogP contribution in [0.15, 0.2) is 53.4 Å². The third-order valence-electron chi connectivity index (χ3n) is 3.51. The largest absolute Gasteiger partial charge is 0.395 e. The minimum absolute atomic E-state index is 0.0293. The maximum absolute atomic E-state index is 12.5. The average Bonchev–Trinajstić information content (AvgIpc) is 2.59. The van der Waals surface area contributed by atoms with Gasteiger partial charge in [-0.05, 0) is 43.3 Å². The number of amides is 1. The second-order valence-electron chi connectivity index (χ2n) is 5.25. The lowest BCUT2D eigenvalue weighted by atomic mass is 10.2. The van der Waals surface area contributed by atoms with Crippen LogP contribution in [-0.4, -0.2) is 44.0 Å². The standard InChI is InChI=1S/C17H19ClN2O4S/c1-2-20(9-10-21)17(22)13-5-3-8-16(11-13)25(23,24)19-15-7-4-6-14(18)12-15/h3-8,11-12,19,21H,2,9-10H2,1H3. The fourth-order valence-electron chi connectivity index (χ4n) is 2.27. The number of aliphatic hydroxyl groups is 1. The van der Waals surface area contributed by atoms with Crippen molar-refractivity contribution >= 4 is 33.2 Å². The van der Waals surface area contributed by atoms with E-state index in [9.17, 15) is 13.2 Å². The normalized spacial score (nSPS) is 11.2. The number of carbonyl (C=O) groups is 1. The lowest BCUT2D eigenvalue weighted by Crippen LogP contribution is -2.33. The van der Waals surface area contributed by atoms with Crippen LogP contribution >= 0.6 is 11.6 Å². The Morgan fingerprint density at radius 2 is 1.92 bits per heavy atom. The SMILES string of the molecule is CCN(CCO)C(=O)c1cccc(S(=O)(=O)Nc2cccc(Cl)c2)c1. The number of halogens is 1. The van der Waals surface area contributed by atoms with E-state index in [1.54, 1.807) is 31.2 Å². The van der Waals surface area contributed by atoms with Gasteiger partial charge in [0.1, 0.15) is 0 Å². The Balaban J connectivity index is 2.29. The quantitative estimate of drug-likeness (QED) is 0.770. The van der Waals surface area contributed by atoms with Gasteiger partial charge >= 0.3 is 0 Å². The number of sulfonamides is 1. The second-order valence-corrected chi connectivity index (χ2v) is 7.37. The highest BCUT2D eigenvalue weighted by molar-refractivity contribution is 7.92. The molecule has 2 rings (SSSR count). The van der Waals surface area contributed by atoms with Gasteiger partial charge in [-0.1, -0.05) is 23.7 Å². The summed E-state index contributed by atoms with van der Waals surface area (Å²) in [6.45, 7) is 2.23. The molecule has 1 amide bonds. The molecule has 0 aliphatic carbocycles. The Labute approximate surface area is 152 Å². The Morgan fingerprint density at radius 3 is 2.56 bits per heavy atom. The van der Waals surface area contributed by atoms with Crippen LogP contribution in [0.2, 0.25) is 5.02 Å². The van der Waals surface area contributed by atoms with Crippen LogP contribution in [0, 0.1) is 0 Å². The highest BCUT2D eigenvalue weighted by Gasteiger charge is 2.19. The molecule has 134 valence electrons. The summed E-state index contributed by atoms with van der Waals surface area (Å²) in [6, 6.07) is 12.1. The average molecular weight is 383 g/mol. The number of likely N-dealkylation sites (N-methyl/N-ethyl adjacent to an activating group) is 1. The molecule has 0 radical (unpaired) electrons. The first-order valence-corrected chi connectivity index (χ1v) is 9.52. The van der Waals surface area contributed by atoms with E-state index in [1.807, 2.05) is 0 Å². The number of carbonyl (C=O) groups excluding carboxylic acids is 1. The highest BCUT2D eigenvalue weighted by Crippen LogP contribution is 2.20. The molecule has 0 aliphatic heterocycles. The first-order valence-electron chi connectivity index (χ1n) is 7.66. The molecule has 2 aromatic rings. The number of anilines is 1. The van der Waals surface area contributed by atoms with Gasteiger partial charge in [0.25, 0.3) is 15.9 Å². The van der Waals surface area contributed by atoms with Gasteiger partial charge in [-0.2, -0.15) is 0 Å². The number of rotatable bonds is 7. The van der Waals surface area contributed by atoms with Crippen molar-refractivity contribution < 1.29 is 18.3 Å². The van der Waals surface area contributed by atoms with E-state index in [1.165, 1.54) is 29.2 Å². The zero-order valence-corrected chi connectivity index (χ0v) is 15.2. The molecule has 6 nitrogen and oxygen atoms in total. The van der Waals surface area contributed by atoms with Crippen LogP contribution in [0.1, 0.15) is 17.3 Å². The van der Waals surface area contributed by atoms with E-state index in [0.717, 1.165) is 0 Å². The number of nitrogens with zero attached hydrogens (tertiary/aromatic N) is 1. The van der Waals surface area contributed by atoms with Crippen molar-refractivity contribution in [3.05, 3.63) is 59.1 Å². The number of hydrogen-bond acceptors (Lipinski definition) is 4. The molecule has 25 heavy (non-hydrogen) atoms. The van der Waals surface area contributed by atoms with Gasteiger partial charge in [0.05, 0.1) is 17.2 Å². The van der Waals surface area contributed by atoms with Crippen molar-refractivity contribution in [2.75, 3.05) is 24.4 Å². The fraction of sp³-hybridized carbons (Fsp3) is 0.235. The Hall–Kier alpha value is -2.09. The molecule has 2 N–H and O–H groups in total. The monoisotopic (exact) mass is 382 g/mol. The van der Waals surface area contributed by atoms with Gasteiger partial charge in [-0.3, -0.25) is 9.52 Å². The van der Waals surface area contributed by atoms with E-state index in [-0.39, 0.29) is 29.5 Å². The van der Waals surface area contributed by atoms with Crippen molar-refractivity contribution in [1.29, 1.82) is 0 Å². The molecular formula is C17H19ClN2O4S. The summed E-state index contributed by atoms with van der Waals surface area (Å²) in [4.78, 5) is 13.8. The molecule has 0 saturated heterocycles. The third-order valence-corrected chi connectivity index (χ3v) is 5.12. The summed E-state index contributed by atoms with van der Waals surface area (Å²) >= 11 is 5.86. The lowest BCUT2D eigenvalue weighted by Gasteiger charge is -2.20. The van der Waals surface area contributed by atoms with Crippen molar-refractivity contribution in [2.24, 2.45) is 0 Å². The van der Waals surface area contributed by atoms with E-state index in [4.69, 9.17) is 16.7 Å². The summed E-state index contributed by atoms with van der Waals surface area (Å²) in [7, 11) is -3.86. The molecule has 0 bridgehead atoms. The predicted octanol–water partition coefficient (Wildman–Crippen LogP) is 2.60. The molecule has 0 atom stereocenters. The smallest absolute Gasteiger partial charge is 0.261 e. The zero-order chi connectivity index (χ0) is 18.4. The van der Waals surface area contributed by atoms with Crippen LogP contribution in [0.25, 0.3) is 0 Å². The summed E-state index contributed by atoms with van der Waals surface area (Å²) in [5.41, 5.74) is 0.573. The maximum atomic E-state index is 12.5. The number of benzene rings is 2. The molecule has 0 unspecified atom stereocenters. The Kier molecular flexibility index (Phi) is 6.41. The summed E-state index contributed by atoms with van der Waals surface area (Å²) in [5, 5.41) is 9.43. The lowest BCUT2D eigenvalue weighted by molar-refractivity contribution is 0.0731. The highest BCUT2D eigenvalue weighted by atomic mass is 35.5. The topological polar surface area (TPSA) is 86.7 Å². The molecule has 0 aliphatic rings. The molecule has 0 heterocycles. The Morgan fingerprint density at radius 1 is 1.20 bits per heavy atom. The van der Waals surface area contributed by atoms with Gasteiger partial charge in [0.15, 0.2) is 0 Å². The van der Waals surface area contributed by atoms with Gasteiger partial charge in [-0.25, -0.2) is 8.42 Å². The molecule has 0 aromatic heterocycles. The first-order chi connectivity index (χ1) is 11.9. The molecule has 0 fully saturated rings. The summed E-state index contributed by atoms with van der Waals surface area (Å²) < 4.78 is 27.5. The molecule has 2 aromatic carbocycles. The fourth-order valence-corrected chi connectivity index (χ4v) is 3.55. The second kappa shape index (κ2) is 8.33. The van der Waals surface area contributed by atoms with Crippen molar-refractivity contribution in [3.8, 4) is 0 Å². The number of aliphatic hydroxyl groups excluding tert-OH is 1. The zero-order valence-electron chi connectivity index (χ0n) is 13.6. The van der Waals surface area contributed by atoms with Crippen molar-refractivity contribution in [2.45, 2.75) is 11.8 Å². The number of nitrogens with one attached hydrogen (secondary N) is 1. The molecule has 0 saturated carbocycles. The van der Waals surface area contributed by atoms with Crippen molar-refractivity contribution in [1.82, 2.24) is 4.90 Å². The minimum atomic E-state index is -3.86. The minimum Gasteiger partial charge on any atom is -0.395 e. The summed E-state index contributed by atoms with van der Waals surface area (Å²) in [6.07, 6.45) is 0. The van der Waals surface area contributed by atoms with Crippen LogP contribution in [-0.2, 0) is 10.0 Å². The van der Waals surface area contributed by atoms with Gasteiger partial charge in [0.2, 0.25) is 0 Å². The van der Waals surface area contributed by atoms with Crippen LogP contribution in [0.5, 0.6) is 0 Å². The van der Waals surface area contributed by atoms with Gasteiger partial charge < -0.3 is 10.0 Å². The molecule has 8 heteroatoms. The van der Waals surface area contributed by atoms with E-state index >= 15 is 0 Å². The Bertz CT molecular complexity index is 855. The van der Waals surface area contributed by atoms with Gasteiger partial charge in [-0.15, -0.1) is 0 Å². The maximum Gasteiger partial charge on any atom is 0.261 e. The van der Waals surface area contributed by atoms with E-state index in [0.29, 0.717) is 17.3 Å². The number of hydrogen-bond donors (Lipinski definition) is 2. The molecular weight excluding hydrogens is 364 g/mol. The van der Waals surface area contributed by atoms with Crippen LogP contribution < -0.4 is 4.72 Å². The van der Waals surface area contributed by atoms with E-state index < -0.39 is 10.0 Å². The van der Waals surface area contributed by atoms with Crippen LogP contribution in [0.3, 0.4) is 0 Å². The molecule has 0 spiro atoms. The van der Waals surface area contributed by atoms with Gasteiger partial charge in [0, 0.05) is 23.7 Å². The first kappa shape index (κ1) is 19.2. The summed E-state index contributed by atoms with van der Waals surface area (Å²) in [5.74, 6) is -0.337. The van der Waals surface area contributed by atoms with Crippen LogP contribution in [0.4, 0.5) is 5.69 Å².